The molecule has 0 aliphatic carbocycles. The summed E-state index contributed by atoms with van der Waals surface area (Å²) in [6.45, 7) is 6.76. The van der Waals surface area contributed by atoms with E-state index >= 15 is 0 Å². The van der Waals surface area contributed by atoms with Gasteiger partial charge in [-0.3, -0.25) is 4.90 Å². The maximum Gasteiger partial charge on any atom is 0.225 e. The van der Waals surface area contributed by atoms with Gasteiger partial charge in [-0.2, -0.15) is 0 Å². The van der Waals surface area contributed by atoms with Gasteiger partial charge >= 0.3 is 0 Å². The second-order valence-electron chi connectivity index (χ2n) is 7.28. The third-order valence-electron chi connectivity index (χ3n) is 5.09. The Morgan fingerprint density at radius 2 is 1.67 bits per heavy atom. The molecule has 2 aromatic carbocycles. The highest BCUT2D eigenvalue weighted by molar-refractivity contribution is 7.95. The third-order valence-corrected chi connectivity index (χ3v) is 5.82. The van der Waals surface area contributed by atoms with Gasteiger partial charge in [0.1, 0.15) is 0 Å². The molecular formula is C23H26N4O2S. The minimum atomic E-state index is 0.734. The van der Waals surface area contributed by atoms with Gasteiger partial charge in [-0.05, 0) is 42.8 Å². The molecule has 2 heterocycles. The fourth-order valence-electron chi connectivity index (χ4n) is 3.38. The first-order valence-corrected chi connectivity index (χ1v) is 10.8. The standard InChI is InChI=1S/C23H26N4O2S/c1-18-4-7-20(8-5-18)30-29-21-9-6-19(16-22(21)28-2)17-26-12-14-27(15-13-26)23-24-10-3-11-25-23/h3-11,16H,12-15,17H2,1-2H3. The number of anilines is 1. The second kappa shape index (κ2) is 9.82. The summed E-state index contributed by atoms with van der Waals surface area (Å²) in [5, 5.41) is 0. The van der Waals surface area contributed by atoms with Crippen LogP contribution in [-0.2, 0) is 6.54 Å². The van der Waals surface area contributed by atoms with E-state index in [0.717, 1.165) is 55.1 Å². The molecule has 156 valence electrons. The monoisotopic (exact) mass is 422 g/mol. The van der Waals surface area contributed by atoms with Crippen LogP contribution in [0, 0.1) is 6.92 Å². The van der Waals surface area contributed by atoms with E-state index in [2.05, 4.69) is 63.1 Å². The van der Waals surface area contributed by atoms with Gasteiger partial charge in [0.2, 0.25) is 5.95 Å². The molecule has 0 atom stereocenters. The Hall–Kier alpha value is -2.77. The SMILES string of the molecule is COc1cc(CN2CCN(c3ncccn3)CC2)ccc1OSc1ccc(C)cc1. The molecule has 0 N–H and O–H groups in total. The molecule has 3 aromatic rings. The Balaban J connectivity index is 1.33. The first kappa shape index (κ1) is 20.5. The predicted octanol–water partition coefficient (Wildman–Crippen LogP) is 4.20. The topological polar surface area (TPSA) is 50.7 Å². The zero-order valence-electron chi connectivity index (χ0n) is 17.3. The van der Waals surface area contributed by atoms with Gasteiger partial charge < -0.3 is 13.8 Å². The third kappa shape index (κ3) is 5.23. The molecule has 1 aliphatic heterocycles. The van der Waals surface area contributed by atoms with E-state index in [1.165, 1.54) is 23.2 Å². The summed E-state index contributed by atoms with van der Waals surface area (Å²) in [4.78, 5) is 14.4. The van der Waals surface area contributed by atoms with Crippen molar-refractivity contribution in [3.05, 3.63) is 72.1 Å². The van der Waals surface area contributed by atoms with Crippen LogP contribution in [0.2, 0.25) is 0 Å². The lowest BCUT2D eigenvalue weighted by molar-refractivity contribution is 0.248. The fraction of sp³-hybridized carbons (Fsp3) is 0.304. The van der Waals surface area contributed by atoms with Crippen molar-refractivity contribution in [2.24, 2.45) is 0 Å². The van der Waals surface area contributed by atoms with Crippen LogP contribution >= 0.6 is 12.0 Å². The van der Waals surface area contributed by atoms with E-state index < -0.39 is 0 Å². The van der Waals surface area contributed by atoms with Crippen LogP contribution in [0.25, 0.3) is 0 Å². The van der Waals surface area contributed by atoms with Crippen molar-refractivity contribution in [2.75, 3.05) is 38.2 Å². The summed E-state index contributed by atoms with van der Waals surface area (Å²) in [6.07, 6.45) is 3.59. The Morgan fingerprint density at radius 3 is 2.37 bits per heavy atom. The van der Waals surface area contributed by atoms with Gasteiger partial charge in [0, 0.05) is 50.0 Å². The molecular weight excluding hydrogens is 396 g/mol. The molecule has 1 aliphatic rings. The van der Waals surface area contributed by atoms with Gasteiger partial charge in [0.15, 0.2) is 11.5 Å². The molecule has 30 heavy (non-hydrogen) atoms. The fourth-order valence-corrected chi connectivity index (χ4v) is 3.96. The highest BCUT2D eigenvalue weighted by atomic mass is 32.2. The Labute approximate surface area is 182 Å². The van der Waals surface area contributed by atoms with E-state index in [4.69, 9.17) is 8.92 Å². The molecule has 0 amide bonds. The van der Waals surface area contributed by atoms with Crippen molar-refractivity contribution in [1.82, 2.24) is 14.9 Å². The summed E-state index contributed by atoms with van der Waals surface area (Å²) in [5.74, 6) is 2.30. The number of rotatable bonds is 7. The molecule has 0 saturated carbocycles. The van der Waals surface area contributed by atoms with Gasteiger partial charge in [0.05, 0.1) is 19.2 Å². The lowest BCUT2D eigenvalue weighted by atomic mass is 10.1. The Bertz CT molecular complexity index is 945. The summed E-state index contributed by atoms with van der Waals surface area (Å²) >= 11 is 1.34. The van der Waals surface area contributed by atoms with Crippen molar-refractivity contribution in [1.29, 1.82) is 0 Å². The van der Waals surface area contributed by atoms with Crippen LogP contribution in [0.3, 0.4) is 0 Å². The Kier molecular flexibility index (Phi) is 6.71. The van der Waals surface area contributed by atoms with E-state index in [9.17, 15) is 0 Å². The average Bonchev–Trinajstić information content (AvgIpc) is 2.80. The van der Waals surface area contributed by atoms with Crippen LogP contribution in [0.15, 0.2) is 65.8 Å². The van der Waals surface area contributed by atoms with Crippen LogP contribution < -0.4 is 13.8 Å². The first-order valence-electron chi connectivity index (χ1n) is 10.0. The number of methoxy groups -OCH3 is 1. The highest BCUT2D eigenvalue weighted by Gasteiger charge is 2.19. The first-order chi connectivity index (χ1) is 14.7. The van der Waals surface area contributed by atoms with E-state index in [0.29, 0.717) is 0 Å². The molecule has 0 unspecified atom stereocenters. The molecule has 1 aromatic heterocycles. The summed E-state index contributed by atoms with van der Waals surface area (Å²) in [5.41, 5.74) is 2.45. The molecule has 0 bridgehead atoms. The number of aromatic nitrogens is 2. The number of ether oxygens (including phenoxy) is 1. The Morgan fingerprint density at radius 1 is 0.933 bits per heavy atom. The molecule has 7 heteroatoms. The zero-order valence-corrected chi connectivity index (χ0v) is 18.1. The summed E-state index contributed by atoms with van der Waals surface area (Å²) < 4.78 is 11.5. The highest BCUT2D eigenvalue weighted by Crippen LogP contribution is 2.33. The number of piperazine rings is 1. The molecule has 4 rings (SSSR count). The van der Waals surface area contributed by atoms with Crippen molar-refractivity contribution in [3.8, 4) is 11.5 Å². The van der Waals surface area contributed by atoms with Crippen molar-refractivity contribution >= 4 is 18.0 Å². The second-order valence-corrected chi connectivity index (χ2v) is 8.08. The number of hydrogen-bond donors (Lipinski definition) is 0. The number of hydrogen-bond acceptors (Lipinski definition) is 7. The molecule has 1 fully saturated rings. The molecule has 6 nitrogen and oxygen atoms in total. The minimum Gasteiger partial charge on any atom is -0.493 e. The van der Waals surface area contributed by atoms with Gasteiger partial charge in [-0.1, -0.05) is 23.8 Å². The van der Waals surface area contributed by atoms with E-state index in [1.807, 2.05) is 12.1 Å². The molecule has 0 spiro atoms. The lowest BCUT2D eigenvalue weighted by Crippen LogP contribution is -2.46. The van der Waals surface area contributed by atoms with Crippen LogP contribution in [0.1, 0.15) is 11.1 Å². The minimum absolute atomic E-state index is 0.734. The average molecular weight is 423 g/mol. The summed E-state index contributed by atoms with van der Waals surface area (Å²) in [7, 11) is 1.68. The molecule has 1 saturated heterocycles. The zero-order chi connectivity index (χ0) is 20.8. The maximum absolute atomic E-state index is 5.92. The van der Waals surface area contributed by atoms with Crippen LogP contribution in [0.4, 0.5) is 5.95 Å². The van der Waals surface area contributed by atoms with E-state index in [-0.39, 0.29) is 0 Å². The largest absolute Gasteiger partial charge is 0.493 e. The quantitative estimate of drug-likeness (QED) is 0.529. The smallest absolute Gasteiger partial charge is 0.225 e. The van der Waals surface area contributed by atoms with E-state index in [1.54, 1.807) is 19.5 Å². The summed E-state index contributed by atoms with van der Waals surface area (Å²) in [6, 6.07) is 16.3. The van der Waals surface area contributed by atoms with Gasteiger partial charge in [-0.15, -0.1) is 0 Å². The van der Waals surface area contributed by atoms with Crippen molar-refractivity contribution in [2.45, 2.75) is 18.4 Å². The van der Waals surface area contributed by atoms with Crippen molar-refractivity contribution in [3.63, 3.8) is 0 Å². The van der Waals surface area contributed by atoms with Crippen LogP contribution in [-0.4, -0.2) is 48.2 Å². The van der Waals surface area contributed by atoms with Gasteiger partial charge in [-0.25, -0.2) is 9.97 Å². The maximum atomic E-state index is 5.92. The van der Waals surface area contributed by atoms with Crippen molar-refractivity contribution < 1.29 is 8.92 Å². The molecule has 0 radical (unpaired) electrons. The number of nitrogens with zero attached hydrogens (tertiary/aromatic N) is 4. The lowest BCUT2D eigenvalue weighted by Gasteiger charge is -2.34. The predicted molar refractivity (Wildman–Crippen MR) is 120 cm³/mol. The number of benzene rings is 2. The van der Waals surface area contributed by atoms with Crippen LogP contribution in [0.5, 0.6) is 11.5 Å². The number of aryl methyl sites for hydroxylation is 1. The normalized spacial score (nSPS) is 14.5. The van der Waals surface area contributed by atoms with Gasteiger partial charge in [0.25, 0.3) is 0 Å².